The number of nitrogens with zero attached hydrogens (tertiary/aromatic N) is 4. The third kappa shape index (κ3) is 5.48. The Kier molecular flexibility index (Phi) is 7.30. The molecule has 27 heavy (non-hydrogen) atoms. The average Bonchev–Trinajstić information content (AvgIpc) is 3.02. The maximum Gasteiger partial charge on any atom is 0.230 e. The van der Waals surface area contributed by atoms with Crippen LogP contribution >= 0.6 is 11.8 Å². The maximum absolute atomic E-state index is 12.1. The molecule has 0 fully saturated rings. The summed E-state index contributed by atoms with van der Waals surface area (Å²) in [5.41, 5.74) is 2.04. The molecule has 0 bridgehead atoms. The molecular weight excluding hydrogens is 358 g/mol. The molecule has 1 heterocycles. The molecule has 7 heteroatoms. The van der Waals surface area contributed by atoms with Crippen molar-refractivity contribution in [2.24, 2.45) is 7.05 Å². The standard InChI is InChI=1S/C20H31N5OS/c1-7-20(4,5)21-17(26)14-27-19-23-22-18(24(19)6)15-10-12-16(13-11-15)25(8-2)9-3/h10-13H,7-9,14H2,1-6H3,(H,21,26). The second kappa shape index (κ2) is 9.26. The first-order valence-corrected chi connectivity index (χ1v) is 10.5. The normalized spacial score (nSPS) is 11.5. The van der Waals surface area contributed by atoms with Crippen molar-refractivity contribution < 1.29 is 4.79 Å². The number of rotatable bonds is 9. The summed E-state index contributed by atoms with van der Waals surface area (Å²) in [6, 6.07) is 8.37. The van der Waals surface area contributed by atoms with Crippen LogP contribution in [-0.4, -0.2) is 45.1 Å². The lowest BCUT2D eigenvalue weighted by molar-refractivity contribution is -0.120. The molecule has 2 rings (SSSR count). The van der Waals surface area contributed by atoms with Gasteiger partial charge in [-0.1, -0.05) is 18.7 Å². The van der Waals surface area contributed by atoms with Gasteiger partial charge in [0.15, 0.2) is 11.0 Å². The first-order chi connectivity index (χ1) is 12.8. The number of nitrogens with one attached hydrogen (secondary N) is 1. The number of carbonyl (C=O) groups is 1. The lowest BCUT2D eigenvalue weighted by Gasteiger charge is -2.24. The summed E-state index contributed by atoms with van der Waals surface area (Å²) in [6.45, 7) is 12.4. The van der Waals surface area contributed by atoms with E-state index in [1.807, 2.05) is 25.5 Å². The molecule has 1 aromatic heterocycles. The lowest BCUT2D eigenvalue weighted by atomic mass is 10.0. The molecule has 6 nitrogen and oxygen atoms in total. The highest BCUT2D eigenvalue weighted by Gasteiger charge is 2.19. The Morgan fingerprint density at radius 1 is 1.15 bits per heavy atom. The van der Waals surface area contributed by atoms with Gasteiger partial charge in [-0.25, -0.2) is 0 Å². The smallest absolute Gasteiger partial charge is 0.230 e. The van der Waals surface area contributed by atoms with Crippen LogP contribution in [0.25, 0.3) is 11.4 Å². The van der Waals surface area contributed by atoms with E-state index in [0.717, 1.165) is 36.1 Å². The fourth-order valence-electron chi connectivity index (χ4n) is 2.73. The van der Waals surface area contributed by atoms with E-state index in [1.165, 1.54) is 17.4 Å². The van der Waals surface area contributed by atoms with Crippen molar-refractivity contribution in [3.8, 4) is 11.4 Å². The Balaban J connectivity index is 2.05. The average molecular weight is 390 g/mol. The zero-order valence-corrected chi connectivity index (χ0v) is 18.1. The number of benzene rings is 1. The predicted molar refractivity (Wildman–Crippen MR) is 113 cm³/mol. The van der Waals surface area contributed by atoms with Gasteiger partial charge in [-0.2, -0.15) is 0 Å². The maximum atomic E-state index is 12.1. The van der Waals surface area contributed by atoms with E-state index in [4.69, 9.17) is 0 Å². The van der Waals surface area contributed by atoms with E-state index in [-0.39, 0.29) is 11.4 Å². The molecule has 1 N–H and O–H groups in total. The summed E-state index contributed by atoms with van der Waals surface area (Å²) in [4.78, 5) is 14.4. The molecular formula is C20H31N5OS. The van der Waals surface area contributed by atoms with E-state index >= 15 is 0 Å². The van der Waals surface area contributed by atoms with Crippen molar-refractivity contribution in [2.45, 2.75) is 51.7 Å². The Hall–Kier alpha value is -2.02. The number of carbonyl (C=O) groups excluding carboxylic acids is 1. The molecule has 148 valence electrons. The van der Waals surface area contributed by atoms with Crippen molar-refractivity contribution in [2.75, 3.05) is 23.7 Å². The Morgan fingerprint density at radius 2 is 1.78 bits per heavy atom. The van der Waals surface area contributed by atoms with Crippen LogP contribution in [0.3, 0.4) is 0 Å². The number of hydrogen-bond donors (Lipinski definition) is 1. The first-order valence-electron chi connectivity index (χ1n) is 9.49. The van der Waals surface area contributed by atoms with E-state index in [9.17, 15) is 4.79 Å². The summed E-state index contributed by atoms with van der Waals surface area (Å²) >= 11 is 1.41. The number of amides is 1. The van der Waals surface area contributed by atoms with Crippen molar-refractivity contribution >= 4 is 23.4 Å². The molecule has 0 spiro atoms. The fraction of sp³-hybridized carbons (Fsp3) is 0.550. The topological polar surface area (TPSA) is 63.1 Å². The molecule has 0 aliphatic rings. The quantitative estimate of drug-likeness (QED) is 0.662. The van der Waals surface area contributed by atoms with Crippen molar-refractivity contribution in [3.63, 3.8) is 0 Å². The largest absolute Gasteiger partial charge is 0.372 e. The zero-order chi connectivity index (χ0) is 20.0. The van der Waals surface area contributed by atoms with Crippen LogP contribution in [0.5, 0.6) is 0 Å². The molecule has 0 radical (unpaired) electrons. The number of thioether (sulfide) groups is 1. The van der Waals surface area contributed by atoms with E-state index in [2.05, 4.69) is 65.5 Å². The second-order valence-corrected chi connectivity index (χ2v) is 8.10. The molecule has 0 saturated carbocycles. The lowest BCUT2D eigenvalue weighted by Crippen LogP contribution is -2.43. The Morgan fingerprint density at radius 3 is 2.33 bits per heavy atom. The van der Waals surface area contributed by atoms with Gasteiger partial charge in [-0.15, -0.1) is 10.2 Å². The molecule has 0 aliphatic heterocycles. The van der Waals surface area contributed by atoms with Crippen LogP contribution in [0.15, 0.2) is 29.4 Å². The van der Waals surface area contributed by atoms with Gasteiger partial charge in [0.05, 0.1) is 5.75 Å². The highest BCUT2D eigenvalue weighted by molar-refractivity contribution is 7.99. The van der Waals surface area contributed by atoms with E-state index in [1.54, 1.807) is 0 Å². The molecule has 0 unspecified atom stereocenters. The first kappa shape index (κ1) is 21.3. The molecule has 0 saturated heterocycles. The van der Waals surface area contributed by atoms with Crippen LogP contribution in [0.2, 0.25) is 0 Å². The second-order valence-electron chi connectivity index (χ2n) is 7.16. The summed E-state index contributed by atoms with van der Waals surface area (Å²) in [6.07, 6.45) is 0.890. The van der Waals surface area contributed by atoms with Gasteiger partial charge in [0.2, 0.25) is 5.91 Å². The highest BCUT2D eigenvalue weighted by atomic mass is 32.2. The molecule has 1 aromatic carbocycles. The molecule has 1 amide bonds. The van der Waals surface area contributed by atoms with Gasteiger partial charge in [0, 0.05) is 36.9 Å². The summed E-state index contributed by atoms with van der Waals surface area (Å²) in [7, 11) is 1.93. The van der Waals surface area contributed by atoms with Crippen LogP contribution < -0.4 is 10.2 Å². The van der Waals surface area contributed by atoms with Gasteiger partial charge < -0.3 is 14.8 Å². The SMILES string of the molecule is CCN(CC)c1ccc(-c2nnc(SCC(=O)NC(C)(C)CC)n2C)cc1. The molecule has 0 aliphatic carbocycles. The fourth-order valence-corrected chi connectivity index (χ4v) is 3.45. The summed E-state index contributed by atoms with van der Waals surface area (Å²) in [5.74, 6) is 1.15. The van der Waals surface area contributed by atoms with Gasteiger partial charge in [0.25, 0.3) is 0 Å². The van der Waals surface area contributed by atoms with Crippen molar-refractivity contribution in [1.82, 2.24) is 20.1 Å². The Labute approximate surface area is 166 Å². The summed E-state index contributed by atoms with van der Waals surface area (Å²) < 4.78 is 1.94. The minimum atomic E-state index is -0.185. The highest BCUT2D eigenvalue weighted by Crippen LogP contribution is 2.25. The molecule has 0 atom stereocenters. The van der Waals surface area contributed by atoms with Crippen LogP contribution in [-0.2, 0) is 11.8 Å². The third-order valence-electron chi connectivity index (χ3n) is 4.78. The van der Waals surface area contributed by atoms with E-state index in [0.29, 0.717) is 5.75 Å². The van der Waals surface area contributed by atoms with Gasteiger partial charge in [-0.05, 0) is 58.4 Å². The summed E-state index contributed by atoms with van der Waals surface area (Å²) in [5, 5.41) is 12.4. The van der Waals surface area contributed by atoms with Gasteiger partial charge in [-0.3, -0.25) is 4.79 Å². The van der Waals surface area contributed by atoms with Crippen molar-refractivity contribution in [3.05, 3.63) is 24.3 Å². The monoisotopic (exact) mass is 389 g/mol. The minimum Gasteiger partial charge on any atom is -0.372 e. The minimum absolute atomic E-state index is 0.0139. The zero-order valence-electron chi connectivity index (χ0n) is 17.2. The Bertz CT molecular complexity index is 750. The van der Waals surface area contributed by atoms with Gasteiger partial charge in [0.1, 0.15) is 0 Å². The predicted octanol–water partition coefficient (Wildman–Crippen LogP) is 3.73. The third-order valence-corrected chi connectivity index (χ3v) is 5.80. The van der Waals surface area contributed by atoms with Crippen LogP contribution in [0.4, 0.5) is 5.69 Å². The van der Waals surface area contributed by atoms with Gasteiger partial charge >= 0.3 is 0 Å². The number of hydrogen-bond acceptors (Lipinski definition) is 5. The van der Waals surface area contributed by atoms with Crippen LogP contribution in [0.1, 0.15) is 41.0 Å². The molecule has 2 aromatic rings. The van der Waals surface area contributed by atoms with Crippen LogP contribution in [0, 0.1) is 0 Å². The van der Waals surface area contributed by atoms with Crippen molar-refractivity contribution in [1.29, 1.82) is 0 Å². The number of anilines is 1. The number of aromatic nitrogens is 3. The van der Waals surface area contributed by atoms with E-state index < -0.39 is 0 Å².